The molecule has 0 spiro atoms. The van der Waals surface area contributed by atoms with Crippen molar-refractivity contribution in [1.29, 1.82) is 0 Å². The van der Waals surface area contributed by atoms with Gasteiger partial charge >= 0.3 is 0 Å². The van der Waals surface area contributed by atoms with E-state index in [1.165, 1.54) is 6.20 Å². The maximum atomic E-state index is 12.7. The normalized spacial score (nSPS) is 17.3. The monoisotopic (exact) mass is 355 g/mol. The average Bonchev–Trinajstić information content (AvgIpc) is 2.66. The van der Waals surface area contributed by atoms with E-state index in [0.29, 0.717) is 25.5 Å². The van der Waals surface area contributed by atoms with E-state index in [0.717, 1.165) is 30.4 Å². The molecule has 1 aliphatic heterocycles. The van der Waals surface area contributed by atoms with Crippen molar-refractivity contribution in [1.82, 2.24) is 14.9 Å². The molecule has 1 N–H and O–H groups in total. The first-order chi connectivity index (χ1) is 12.6. The Hall–Kier alpha value is -2.47. The highest BCUT2D eigenvalue weighted by atomic mass is 16.5. The Morgan fingerprint density at radius 1 is 1.35 bits per heavy atom. The largest absolute Gasteiger partial charge is 0.376 e. The minimum atomic E-state index is -0.405. The van der Waals surface area contributed by atoms with Gasteiger partial charge in [0.15, 0.2) is 0 Å². The Balaban J connectivity index is 1.75. The maximum absolute atomic E-state index is 12.7. The number of aryl methyl sites for hydroxylation is 1. The predicted octanol–water partition coefficient (Wildman–Crippen LogP) is 2.78. The number of aromatic nitrogens is 2. The number of aromatic amines is 1. The molecule has 1 aliphatic rings. The molecule has 2 aromatic rings. The Morgan fingerprint density at radius 2 is 2.12 bits per heavy atom. The molecule has 0 aliphatic carbocycles. The van der Waals surface area contributed by atoms with Crippen LogP contribution in [0.25, 0.3) is 11.4 Å². The lowest BCUT2D eigenvalue weighted by atomic mass is 10.1. The lowest BCUT2D eigenvalue weighted by Gasteiger charge is -2.32. The van der Waals surface area contributed by atoms with Crippen molar-refractivity contribution in [3.63, 3.8) is 0 Å². The van der Waals surface area contributed by atoms with E-state index in [4.69, 9.17) is 4.74 Å². The number of nitrogens with one attached hydrogen (secondary N) is 1. The fourth-order valence-electron chi connectivity index (χ4n) is 3.12. The minimum Gasteiger partial charge on any atom is -0.376 e. The minimum absolute atomic E-state index is 0.0477. The molecule has 138 valence electrons. The van der Waals surface area contributed by atoms with Gasteiger partial charge in [0, 0.05) is 31.5 Å². The number of hydrogen-bond donors (Lipinski definition) is 1. The van der Waals surface area contributed by atoms with Crippen LogP contribution in [0.15, 0.2) is 35.3 Å². The Morgan fingerprint density at radius 3 is 2.81 bits per heavy atom. The Bertz CT molecular complexity index is 814. The summed E-state index contributed by atoms with van der Waals surface area (Å²) in [6.07, 6.45) is 4.21. The van der Waals surface area contributed by atoms with Crippen molar-refractivity contribution in [3.05, 3.63) is 51.9 Å². The van der Waals surface area contributed by atoms with Gasteiger partial charge in [0.1, 0.15) is 11.4 Å². The molecule has 3 rings (SSSR count). The zero-order chi connectivity index (χ0) is 18.5. The third-order valence-electron chi connectivity index (χ3n) is 4.58. The van der Waals surface area contributed by atoms with Crippen LogP contribution < -0.4 is 5.56 Å². The third-order valence-corrected chi connectivity index (χ3v) is 4.58. The fourth-order valence-corrected chi connectivity index (χ4v) is 3.12. The zero-order valence-electron chi connectivity index (χ0n) is 15.3. The van der Waals surface area contributed by atoms with Crippen LogP contribution in [-0.2, 0) is 4.74 Å². The summed E-state index contributed by atoms with van der Waals surface area (Å²) in [4.78, 5) is 33.9. The molecular weight excluding hydrogens is 330 g/mol. The Kier molecular flexibility index (Phi) is 5.83. The van der Waals surface area contributed by atoms with Crippen molar-refractivity contribution >= 4 is 5.91 Å². The molecule has 1 fully saturated rings. The smallest absolute Gasteiger partial charge is 0.264 e. The van der Waals surface area contributed by atoms with E-state index >= 15 is 0 Å². The van der Waals surface area contributed by atoms with Gasteiger partial charge in [-0.25, -0.2) is 4.98 Å². The highest BCUT2D eigenvalue weighted by Gasteiger charge is 2.26. The summed E-state index contributed by atoms with van der Waals surface area (Å²) in [6.45, 7) is 5.92. The van der Waals surface area contributed by atoms with Gasteiger partial charge in [-0.15, -0.1) is 0 Å². The van der Waals surface area contributed by atoms with Gasteiger partial charge in [-0.2, -0.15) is 0 Å². The maximum Gasteiger partial charge on any atom is 0.264 e. The molecule has 1 amide bonds. The zero-order valence-corrected chi connectivity index (χ0v) is 15.3. The van der Waals surface area contributed by atoms with Crippen molar-refractivity contribution in [3.8, 4) is 11.4 Å². The highest BCUT2D eigenvalue weighted by molar-refractivity contribution is 5.93. The second-order valence-corrected chi connectivity index (χ2v) is 6.73. The van der Waals surface area contributed by atoms with E-state index in [-0.39, 0.29) is 17.6 Å². The number of piperidine rings is 1. The van der Waals surface area contributed by atoms with Gasteiger partial charge in [-0.3, -0.25) is 9.59 Å². The first-order valence-corrected chi connectivity index (χ1v) is 9.15. The lowest BCUT2D eigenvalue weighted by molar-refractivity contribution is 0.00204. The summed E-state index contributed by atoms with van der Waals surface area (Å²) in [5.74, 6) is 0.188. The number of ether oxygens (including phenoxy) is 1. The summed E-state index contributed by atoms with van der Waals surface area (Å²) in [7, 11) is 0. The van der Waals surface area contributed by atoms with Gasteiger partial charge in [-0.05, 0) is 26.2 Å². The topological polar surface area (TPSA) is 75.3 Å². The van der Waals surface area contributed by atoms with Crippen molar-refractivity contribution < 1.29 is 9.53 Å². The van der Waals surface area contributed by atoms with Crippen LogP contribution in [0.3, 0.4) is 0 Å². The number of carbonyl (C=O) groups excluding carboxylic acids is 1. The number of carbonyl (C=O) groups is 1. The number of rotatable bonds is 5. The molecule has 1 aromatic carbocycles. The van der Waals surface area contributed by atoms with Gasteiger partial charge in [0.2, 0.25) is 0 Å². The molecule has 0 bridgehead atoms. The summed E-state index contributed by atoms with van der Waals surface area (Å²) in [6, 6.07) is 7.71. The molecule has 26 heavy (non-hydrogen) atoms. The second-order valence-electron chi connectivity index (χ2n) is 6.73. The van der Waals surface area contributed by atoms with Crippen LogP contribution in [-0.4, -0.2) is 46.6 Å². The van der Waals surface area contributed by atoms with Gasteiger partial charge in [0.25, 0.3) is 11.5 Å². The standard InChI is InChI=1S/C20H25N3O3/c1-3-11-26-16-5-4-10-23(13-16)20(25)17-12-21-18(22-19(17)24)15-8-6-14(2)7-9-15/h6-9,12,16H,3-5,10-11,13H2,1-2H3,(H,21,22,24). The average molecular weight is 355 g/mol. The molecule has 2 heterocycles. The van der Waals surface area contributed by atoms with Gasteiger partial charge in [-0.1, -0.05) is 36.8 Å². The van der Waals surface area contributed by atoms with Crippen LogP contribution in [0.2, 0.25) is 0 Å². The number of amides is 1. The summed E-state index contributed by atoms with van der Waals surface area (Å²) in [5, 5.41) is 0. The highest BCUT2D eigenvalue weighted by Crippen LogP contribution is 2.17. The number of hydrogen-bond acceptors (Lipinski definition) is 4. The molecule has 6 nitrogen and oxygen atoms in total. The number of nitrogens with zero attached hydrogens (tertiary/aromatic N) is 2. The second kappa shape index (κ2) is 8.27. The van der Waals surface area contributed by atoms with E-state index in [9.17, 15) is 9.59 Å². The van der Waals surface area contributed by atoms with Gasteiger partial charge < -0.3 is 14.6 Å². The molecule has 1 aromatic heterocycles. The number of likely N-dealkylation sites (tertiary alicyclic amines) is 1. The van der Waals surface area contributed by atoms with Crippen molar-refractivity contribution in [2.45, 2.75) is 39.2 Å². The summed E-state index contributed by atoms with van der Waals surface area (Å²) >= 11 is 0. The summed E-state index contributed by atoms with van der Waals surface area (Å²) < 4.78 is 5.77. The lowest BCUT2D eigenvalue weighted by Crippen LogP contribution is -2.44. The van der Waals surface area contributed by atoms with E-state index in [1.54, 1.807) is 4.90 Å². The van der Waals surface area contributed by atoms with Crippen molar-refractivity contribution in [2.75, 3.05) is 19.7 Å². The van der Waals surface area contributed by atoms with Crippen LogP contribution in [0, 0.1) is 6.92 Å². The molecule has 0 radical (unpaired) electrons. The SMILES string of the molecule is CCCOC1CCCN(C(=O)c2cnc(-c3ccc(C)cc3)[nH]c2=O)C1. The van der Waals surface area contributed by atoms with Gasteiger partial charge in [0.05, 0.1) is 6.10 Å². The van der Waals surface area contributed by atoms with Crippen molar-refractivity contribution in [2.24, 2.45) is 0 Å². The molecule has 6 heteroatoms. The number of benzene rings is 1. The molecule has 0 saturated carbocycles. The first kappa shape index (κ1) is 18.3. The van der Waals surface area contributed by atoms with E-state index in [2.05, 4.69) is 16.9 Å². The fraction of sp³-hybridized carbons (Fsp3) is 0.450. The van der Waals surface area contributed by atoms with Crippen LogP contribution in [0.5, 0.6) is 0 Å². The summed E-state index contributed by atoms with van der Waals surface area (Å²) in [5.41, 5.74) is 1.62. The molecule has 1 atom stereocenters. The quantitative estimate of drug-likeness (QED) is 0.895. The first-order valence-electron chi connectivity index (χ1n) is 9.15. The third kappa shape index (κ3) is 4.19. The van der Waals surface area contributed by atoms with E-state index in [1.807, 2.05) is 31.2 Å². The van der Waals surface area contributed by atoms with Crippen LogP contribution >= 0.6 is 0 Å². The number of H-pyrrole nitrogens is 1. The van der Waals surface area contributed by atoms with E-state index < -0.39 is 5.56 Å². The molecular formula is C20H25N3O3. The molecule has 1 saturated heterocycles. The van der Waals surface area contributed by atoms with Crippen LogP contribution in [0.4, 0.5) is 0 Å². The Labute approximate surface area is 153 Å². The molecule has 1 unspecified atom stereocenters. The predicted molar refractivity (Wildman–Crippen MR) is 100 cm³/mol. The van der Waals surface area contributed by atoms with Crippen LogP contribution in [0.1, 0.15) is 42.1 Å².